The lowest BCUT2D eigenvalue weighted by atomic mass is 10.0. The number of carbonyl (C=O) groups is 1. The minimum atomic E-state index is -0.964. The number of rotatable bonds is 5. The maximum Gasteiger partial charge on any atom is 0.335 e. The van der Waals surface area contributed by atoms with Gasteiger partial charge in [0.25, 0.3) is 0 Å². The zero-order valence-electron chi connectivity index (χ0n) is 12.5. The lowest BCUT2D eigenvalue weighted by molar-refractivity contribution is 0.0697. The summed E-state index contributed by atoms with van der Waals surface area (Å²) in [6.07, 6.45) is 0.650. The van der Waals surface area contributed by atoms with Gasteiger partial charge in [-0.05, 0) is 49.7 Å². The van der Waals surface area contributed by atoms with Crippen LogP contribution < -0.4 is 5.43 Å². The monoisotopic (exact) mass is 298 g/mol. The quantitative estimate of drug-likeness (QED) is 0.581. The van der Waals surface area contributed by atoms with Gasteiger partial charge in [0.2, 0.25) is 0 Å². The summed E-state index contributed by atoms with van der Waals surface area (Å²) in [7, 11) is 0. The summed E-state index contributed by atoms with van der Waals surface area (Å²) in [5.41, 5.74) is 6.26. The van der Waals surface area contributed by atoms with Crippen molar-refractivity contribution in [2.45, 2.75) is 20.3 Å². The average molecular weight is 298 g/mol. The number of nitrogens with zero attached hydrogens (tertiary/aromatic N) is 1. The van der Waals surface area contributed by atoms with E-state index in [9.17, 15) is 9.90 Å². The van der Waals surface area contributed by atoms with Gasteiger partial charge in [-0.15, -0.1) is 0 Å². The first-order valence-corrected chi connectivity index (χ1v) is 6.97. The van der Waals surface area contributed by atoms with E-state index < -0.39 is 5.97 Å². The molecule has 5 heteroatoms. The fraction of sp³-hybridized carbons (Fsp3) is 0.176. The summed E-state index contributed by atoms with van der Waals surface area (Å²) in [5.74, 6) is -0.775. The smallest absolute Gasteiger partial charge is 0.335 e. The molecular weight excluding hydrogens is 280 g/mol. The van der Waals surface area contributed by atoms with Crippen molar-refractivity contribution in [2.24, 2.45) is 5.10 Å². The van der Waals surface area contributed by atoms with Gasteiger partial charge in [0, 0.05) is 5.56 Å². The third-order valence-corrected chi connectivity index (χ3v) is 3.25. The van der Waals surface area contributed by atoms with E-state index in [2.05, 4.69) is 10.5 Å². The van der Waals surface area contributed by atoms with E-state index in [1.807, 2.05) is 26.0 Å². The first-order chi connectivity index (χ1) is 10.5. The summed E-state index contributed by atoms with van der Waals surface area (Å²) < 4.78 is 0. The third kappa shape index (κ3) is 3.63. The van der Waals surface area contributed by atoms with Crippen molar-refractivity contribution in [3.05, 3.63) is 59.2 Å². The van der Waals surface area contributed by atoms with Crippen molar-refractivity contribution in [1.29, 1.82) is 0 Å². The molecule has 0 spiro atoms. The molecule has 114 valence electrons. The molecule has 0 radical (unpaired) electrons. The minimum Gasteiger partial charge on any atom is -0.507 e. The van der Waals surface area contributed by atoms with Crippen molar-refractivity contribution in [2.75, 3.05) is 5.43 Å². The van der Waals surface area contributed by atoms with Crippen LogP contribution >= 0.6 is 0 Å². The number of hydrogen-bond donors (Lipinski definition) is 3. The van der Waals surface area contributed by atoms with E-state index in [0.717, 1.165) is 11.3 Å². The number of phenolic OH excluding ortho intramolecular Hbond substituents is 1. The Hall–Kier alpha value is -2.82. The summed E-state index contributed by atoms with van der Waals surface area (Å²) >= 11 is 0. The van der Waals surface area contributed by atoms with Crippen LogP contribution in [0.25, 0.3) is 0 Å². The van der Waals surface area contributed by atoms with Crippen LogP contribution in [0.3, 0.4) is 0 Å². The number of aromatic carboxylic acids is 1. The van der Waals surface area contributed by atoms with Gasteiger partial charge in [0.1, 0.15) is 5.75 Å². The number of carboxylic acids is 1. The number of aromatic hydroxyl groups is 1. The Morgan fingerprint density at radius 1 is 1.18 bits per heavy atom. The van der Waals surface area contributed by atoms with Crippen LogP contribution in [0.1, 0.15) is 34.8 Å². The van der Waals surface area contributed by atoms with Crippen LogP contribution in [0.15, 0.2) is 47.6 Å². The molecule has 0 aliphatic heterocycles. The number of benzene rings is 2. The number of phenols is 1. The summed E-state index contributed by atoms with van der Waals surface area (Å²) in [6, 6.07) is 11.7. The fourth-order valence-corrected chi connectivity index (χ4v) is 2.03. The minimum absolute atomic E-state index is 0.189. The predicted molar refractivity (Wildman–Crippen MR) is 86.7 cm³/mol. The van der Waals surface area contributed by atoms with Crippen LogP contribution in [0.5, 0.6) is 5.75 Å². The van der Waals surface area contributed by atoms with Gasteiger partial charge in [-0.1, -0.05) is 18.6 Å². The van der Waals surface area contributed by atoms with Gasteiger partial charge < -0.3 is 10.2 Å². The van der Waals surface area contributed by atoms with Gasteiger partial charge in [0.15, 0.2) is 0 Å². The zero-order valence-corrected chi connectivity index (χ0v) is 12.5. The molecule has 0 saturated carbocycles. The number of aryl methyl sites for hydroxylation is 1. The second-order valence-corrected chi connectivity index (χ2v) is 4.93. The molecule has 0 aliphatic carbocycles. The standard InChI is InChI=1S/C17H18N2O3/c1-3-15(14-10-11(2)4-9-16(14)20)19-18-13-7-5-12(6-8-13)17(21)22/h4-10,18,20H,3H2,1-2H3,(H,21,22)/b19-15+. The van der Waals surface area contributed by atoms with Crippen LogP contribution in [0.4, 0.5) is 5.69 Å². The highest BCUT2D eigenvalue weighted by Gasteiger charge is 2.08. The van der Waals surface area contributed by atoms with Gasteiger partial charge in [-0.2, -0.15) is 5.10 Å². The fourth-order valence-electron chi connectivity index (χ4n) is 2.03. The van der Waals surface area contributed by atoms with Crippen molar-refractivity contribution >= 4 is 17.4 Å². The molecule has 22 heavy (non-hydrogen) atoms. The molecule has 0 fully saturated rings. The molecule has 2 aromatic rings. The van der Waals surface area contributed by atoms with E-state index in [-0.39, 0.29) is 11.3 Å². The van der Waals surface area contributed by atoms with E-state index in [0.29, 0.717) is 17.7 Å². The average Bonchev–Trinajstić information content (AvgIpc) is 2.51. The second-order valence-electron chi connectivity index (χ2n) is 4.93. The van der Waals surface area contributed by atoms with Crippen LogP contribution in [0, 0.1) is 6.92 Å². The van der Waals surface area contributed by atoms with Crippen molar-refractivity contribution in [1.82, 2.24) is 0 Å². The number of carboxylic acid groups (broad SMARTS) is 1. The molecule has 2 rings (SSSR count). The molecular formula is C17H18N2O3. The Morgan fingerprint density at radius 2 is 1.86 bits per heavy atom. The molecule has 0 bridgehead atoms. The summed E-state index contributed by atoms with van der Waals surface area (Å²) in [6.45, 7) is 3.91. The first-order valence-electron chi connectivity index (χ1n) is 6.97. The predicted octanol–water partition coefficient (Wildman–Crippen LogP) is 3.63. The van der Waals surface area contributed by atoms with Gasteiger partial charge in [-0.25, -0.2) is 4.79 Å². The van der Waals surface area contributed by atoms with Crippen molar-refractivity contribution in [3.8, 4) is 5.75 Å². The normalized spacial score (nSPS) is 11.3. The largest absolute Gasteiger partial charge is 0.507 e. The zero-order chi connectivity index (χ0) is 16.1. The van der Waals surface area contributed by atoms with Gasteiger partial charge >= 0.3 is 5.97 Å². The first kappa shape index (κ1) is 15.6. The molecule has 5 nitrogen and oxygen atoms in total. The Balaban J connectivity index is 2.22. The highest BCUT2D eigenvalue weighted by Crippen LogP contribution is 2.21. The molecule has 0 aliphatic rings. The lowest BCUT2D eigenvalue weighted by Gasteiger charge is -2.09. The molecule has 0 atom stereocenters. The second kappa shape index (κ2) is 6.76. The molecule has 0 heterocycles. The summed E-state index contributed by atoms with van der Waals surface area (Å²) in [5, 5.41) is 23.1. The summed E-state index contributed by atoms with van der Waals surface area (Å²) in [4.78, 5) is 10.8. The Labute approximate surface area is 128 Å². The highest BCUT2D eigenvalue weighted by atomic mass is 16.4. The Kier molecular flexibility index (Phi) is 4.78. The Morgan fingerprint density at radius 3 is 2.45 bits per heavy atom. The van der Waals surface area contributed by atoms with E-state index in [4.69, 9.17) is 5.11 Å². The van der Waals surface area contributed by atoms with Gasteiger partial charge in [0.05, 0.1) is 17.0 Å². The maximum absolute atomic E-state index is 10.8. The number of nitrogens with one attached hydrogen (secondary N) is 1. The molecule has 0 saturated heterocycles. The van der Waals surface area contributed by atoms with Crippen LogP contribution in [0.2, 0.25) is 0 Å². The SMILES string of the molecule is CC/C(=N\Nc1ccc(C(=O)O)cc1)c1cc(C)ccc1O. The Bertz CT molecular complexity index is 706. The number of hydrazone groups is 1. The molecule has 2 aromatic carbocycles. The topological polar surface area (TPSA) is 81.9 Å². The lowest BCUT2D eigenvalue weighted by Crippen LogP contribution is -2.04. The molecule has 3 N–H and O–H groups in total. The van der Waals surface area contributed by atoms with E-state index in [1.54, 1.807) is 18.2 Å². The molecule has 0 unspecified atom stereocenters. The van der Waals surface area contributed by atoms with Crippen LogP contribution in [-0.2, 0) is 0 Å². The highest BCUT2D eigenvalue weighted by molar-refractivity contribution is 6.03. The molecule has 0 amide bonds. The van der Waals surface area contributed by atoms with Crippen molar-refractivity contribution in [3.63, 3.8) is 0 Å². The van der Waals surface area contributed by atoms with E-state index in [1.165, 1.54) is 12.1 Å². The van der Waals surface area contributed by atoms with Crippen molar-refractivity contribution < 1.29 is 15.0 Å². The number of hydrogen-bond acceptors (Lipinski definition) is 4. The van der Waals surface area contributed by atoms with E-state index >= 15 is 0 Å². The number of anilines is 1. The van der Waals surface area contributed by atoms with Crippen LogP contribution in [-0.4, -0.2) is 21.9 Å². The third-order valence-electron chi connectivity index (χ3n) is 3.25. The molecule has 0 aromatic heterocycles. The maximum atomic E-state index is 10.8. The van der Waals surface area contributed by atoms with Gasteiger partial charge in [-0.3, -0.25) is 5.43 Å².